The third kappa shape index (κ3) is 16.6. The molecule has 0 aliphatic carbocycles. The number of methoxy groups -OCH3 is 2. The molecule has 5 aromatic rings. The van der Waals surface area contributed by atoms with Gasteiger partial charge >= 0.3 is 0 Å². The third-order valence-electron chi connectivity index (χ3n) is 14.1. The number of imidazole rings is 1. The van der Waals surface area contributed by atoms with E-state index in [0.717, 1.165) is 36.0 Å². The lowest BCUT2D eigenvalue weighted by Gasteiger charge is -2.39. The molecule has 77 heavy (non-hydrogen) atoms. The minimum absolute atomic E-state index is 0.00482. The van der Waals surface area contributed by atoms with Crippen LogP contribution >= 0.6 is 8.53 Å². The smallest absolute Gasteiger partial charge is 0.280 e. The summed E-state index contributed by atoms with van der Waals surface area (Å²) in [5.74, 6) is 0.688. The Morgan fingerprint density at radius 1 is 0.779 bits per heavy atom. The summed E-state index contributed by atoms with van der Waals surface area (Å²) in [6.45, 7) is 14.7. The van der Waals surface area contributed by atoms with E-state index in [1.807, 2.05) is 78.9 Å². The Morgan fingerprint density at radius 3 is 1.84 bits per heavy atom. The first kappa shape index (κ1) is 61.0. The van der Waals surface area contributed by atoms with Gasteiger partial charge in [-0.05, 0) is 75.1 Å². The molecule has 16 nitrogen and oxygen atoms in total. The predicted molar refractivity (Wildman–Crippen MR) is 304 cm³/mol. The van der Waals surface area contributed by atoms with Gasteiger partial charge in [0.2, 0.25) is 11.9 Å². The van der Waals surface area contributed by atoms with Gasteiger partial charge in [0.1, 0.15) is 35.4 Å². The highest BCUT2D eigenvalue weighted by Crippen LogP contribution is 2.51. The van der Waals surface area contributed by atoms with Gasteiger partial charge in [0.25, 0.3) is 14.1 Å². The summed E-state index contributed by atoms with van der Waals surface area (Å²) in [5.41, 5.74) is 1.04. The number of ether oxygens (including phenoxy) is 5. The number of nitriles is 1. The fourth-order valence-corrected chi connectivity index (χ4v) is 11.8. The van der Waals surface area contributed by atoms with Crippen molar-refractivity contribution in [3.8, 4) is 17.6 Å². The van der Waals surface area contributed by atoms with E-state index >= 15 is 0 Å². The van der Waals surface area contributed by atoms with E-state index in [1.54, 1.807) is 32.6 Å². The fourth-order valence-electron chi connectivity index (χ4n) is 10.00. The van der Waals surface area contributed by atoms with Gasteiger partial charge in [-0.2, -0.15) is 10.2 Å². The van der Waals surface area contributed by atoms with Crippen molar-refractivity contribution in [2.24, 2.45) is 5.92 Å². The van der Waals surface area contributed by atoms with E-state index < -0.39 is 44.2 Å². The topological polar surface area (TPSA) is 184 Å². The normalized spacial score (nSPS) is 17.2. The van der Waals surface area contributed by atoms with Crippen molar-refractivity contribution < 1.29 is 37.5 Å². The Morgan fingerprint density at radius 2 is 1.32 bits per heavy atom. The zero-order valence-corrected chi connectivity index (χ0v) is 48.1. The number of nitrogens with one attached hydrogen (secondary N) is 2. The molecule has 1 amide bonds. The summed E-state index contributed by atoms with van der Waals surface area (Å²) in [7, 11) is 1.44. The molecule has 2 aromatic heterocycles. The maximum Gasteiger partial charge on any atom is 0.280 e. The number of aromatic nitrogens is 4. The first-order valence-corrected chi connectivity index (χ1v) is 29.3. The lowest BCUT2D eigenvalue weighted by Crippen LogP contribution is -2.43. The van der Waals surface area contributed by atoms with Crippen molar-refractivity contribution in [1.82, 2.24) is 24.2 Å². The number of amides is 1. The Hall–Kier alpha value is -5.24. The Bertz CT molecular complexity index is 2550. The zero-order valence-electron chi connectivity index (χ0n) is 47.2. The van der Waals surface area contributed by atoms with Gasteiger partial charge in [-0.15, -0.1) is 0 Å². The molecular weight excluding hydrogens is 994 g/mol. The summed E-state index contributed by atoms with van der Waals surface area (Å²) < 4.78 is 51.0. The molecule has 0 radical (unpaired) electrons. The SMILES string of the molecule is CCCCCCCCCCCCCCCCO[C@@H]1[C@H](OP(OCCC#N)N(C(C)C)C(C)C)[C@@H](COC(c2ccccc2)(c2ccc(OC)cc2)c2ccc(OC)cc2)O[C@H]1n1cnc2c(=O)[nH]c(NC(=O)C(C)C)nc21. The number of carbonyl (C=O) groups excluding carboxylic acids is 1. The predicted octanol–water partition coefficient (Wildman–Crippen LogP) is 13.2. The first-order valence-electron chi connectivity index (χ1n) is 28.1. The second kappa shape index (κ2) is 31.4. The van der Waals surface area contributed by atoms with Crippen LogP contribution in [-0.4, -0.2) is 94.5 Å². The van der Waals surface area contributed by atoms with Crippen LogP contribution in [0.3, 0.4) is 0 Å². The van der Waals surface area contributed by atoms with E-state index in [4.69, 9.17) is 37.7 Å². The lowest BCUT2D eigenvalue weighted by atomic mass is 9.80. The monoisotopic (exact) mass is 1080 g/mol. The van der Waals surface area contributed by atoms with Crippen LogP contribution < -0.4 is 20.3 Å². The molecular formula is C60H86N7O9P. The van der Waals surface area contributed by atoms with Gasteiger partial charge in [-0.25, -0.2) is 9.65 Å². The summed E-state index contributed by atoms with van der Waals surface area (Å²) >= 11 is 0. The standard InChI is InChI=1S/C60H86N7O9P/c1-10-11-12-13-14-15-16-17-18-19-20-21-22-26-39-72-54-53(76-77(74-40-27-38-61)67(44(4)5)45(6)7)51(75-58(54)66-42-62-52-55(66)63-59(65-57(52)69)64-56(68)43(2)3)41-73-60(46-28-24-23-25-29-46,47-30-34-49(70-8)35-31-47)48-32-36-50(71-9)37-33-48/h23-25,28-37,42-45,51,53-54,58H,10-22,26-27,39-41H2,1-9H3,(H2,63,64,65,68,69)/t51-,53-,54-,58-,77?/m1/s1. The molecule has 0 spiro atoms. The average Bonchev–Trinajstić information content (AvgIpc) is 4.01. The number of hydrogen-bond acceptors (Lipinski definition) is 13. The van der Waals surface area contributed by atoms with Gasteiger partial charge in [0.05, 0.1) is 46.3 Å². The van der Waals surface area contributed by atoms with E-state index in [-0.39, 0.29) is 60.7 Å². The largest absolute Gasteiger partial charge is 0.497 e. The van der Waals surface area contributed by atoms with E-state index in [0.29, 0.717) is 18.1 Å². The molecule has 1 fully saturated rings. The summed E-state index contributed by atoms with van der Waals surface area (Å²) in [5, 5.41) is 12.4. The van der Waals surface area contributed by atoms with Crippen molar-refractivity contribution in [3.05, 3.63) is 112 Å². The number of nitrogens with zero attached hydrogens (tertiary/aromatic N) is 5. The zero-order chi connectivity index (χ0) is 55.2. The van der Waals surface area contributed by atoms with Gasteiger partial charge in [0, 0.05) is 24.6 Å². The number of anilines is 1. The Balaban J connectivity index is 1.40. The molecule has 1 unspecified atom stereocenters. The molecule has 0 bridgehead atoms. The number of benzene rings is 3. The van der Waals surface area contributed by atoms with Gasteiger partial charge in [0.15, 0.2) is 17.4 Å². The van der Waals surface area contributed by atoms with Crippen LogP contribution in [0.1, 0.15) is 168 Å². The second-order valence-electron chi connectivity index (χ2n) is 20.8. The number of hydrogen-bond donors (Lipinski definition) is 2. The van der Waals surface area contributed by atoms with Crippen molar-refractivity contribution in [2.75, 3.05) is 39.4 Å². The number of rotatable bonds is 35. The molecule has 6 rings (SSSR count). The number of H-pyrrole nitrogens is 1. The number of carbonyl (C=O) groups is 1. The quantitative estimate of drug-likeness (QED) is 0.0222. The Kier molecular flexibility index (Phi) is 24.8. The Labute approximate surface area is 458 Å². The number of unbranched alkanes of at least 4 members (excludes halogenated alkanes) is 13. The first-order chi connectivity index (χ1) is 37.4. The van der Waals surface area contributed by atoms with Gasteiger partial charge in [-0.1, -0.05) is 159 Å². The molecule has 1 saturated heterocycles. The fraction of sp³-hybridized carbons (Fsp3) is 0.583. The summed E-state index contributed by atoms with van der Waals surface area (Å²) in [6, 6.07) is 28.0. The molecule has 5 atom stereocenters. The van der Waals surface area contributed by atoms with Crippen LogP contribution in [0.15, 0.2) is 90.0 Å². The van der Waals surface area contributed by atoms with E-state index in [2.05, 4.69) is 60.6 Å². The van der Waals surface area contributed by atoms with Crippen molar-refractivity contribution in [1.29, 1.82) is 5.26 Å². The molecule has 1 aliphatic rings. The minimum atomic E-state index is -1.84. The second-order valence-corrected chi connectivity index (χ2v) is 22.2. The lowest BCUT2D eigenvalue weighted by molar-refractivity contribution is -0.118. The molecule has 2 N–H and O–H groups in total. The van der Waals surface area contributed by atoms with Crippen molar-refractivity contribution in [3.63, 3.8) is 0 Å². The molecule has 420 valence electrons. The van der Waals surface area contributed by atoms with Crippen LogP contribution in [0.25, 0.3) is 11.2 Å². The molecule has 1 aliphatic heterocycles. The highest BCUT2D eigenvalue weighted by molar-refractivity contribution is 7.44. The molecule has 17 heteroatoms. The maximum absolute atomic E-state index is 13.7. The highest BCUT2D eigenvalue weighted by atomic mass is 31.2. The van der Waals surface area contributed by atoms with Crippen molar-refractivity contribution >= 4 is 31.5 Å². The summed E-state index contributed by atoms with van der Waals surface area (Å²) in [6.07, 6.45) is 15.4. The maximum atomic E-state index is 13.7. The van der Waals surface area contributed by atoms with Crippen molar-refractivity contribution in [2.45, 2.75) is 187 Å². The van der Waals surface area contributed by atoms with Crippen LogP contribution in [0.2, 0.25) is 0 Å². The average molecular weight is 1080 g/mol. The number of aromatic amines is 1. The number of fused-ring (bicyclic) bond motifs is 1. The molecule has 3 aromatic carbocycles. The molecule has 3 heterocycles. The van der Waals surface area contributed by atoms with Crippen LogP contribution in [0.5, 0.6) is 11.5 Å². The summed E-state index contributed by atoms with van der Waals surface area (Å²) in [4.78, 5) is 38.7. The highest BCUT2D eigenvalue weighted by Gasteiger charge is 2.52. The van der Waals surface area contributed by atoms with Crippen LogP contribution in [0, 0.1) is 17.2 Å². The van der Waals surface area contributed by atoms with E-state index in [1.165, 1.54) is 77.0 Å². The third-order valence-corrected chi connectivity index (χ3v) is 16.2. The van der Waals surface area contributed by atoms with Gasteiger partial charge < -0.3 is 32.7 Å². The van der Waals surface area contributed by atoms with E-state index in [9.17, 15) is 14.9 Å². The minimum Gasteiger partial charge on any atom is -0.497 e. The molecule has 0 saturated carbocycles. The van der Waals surface area contributed by atoms with Crippen LogP contribution in [-0.2, 0) is 33.7 Å². The van der Waals surface area contributed by atoms with Gasteiger partial charge in [-0.3, -0.25) is 24.5 Å². The van der Waals surface area contributed by atoms with Crippen LogP contribution in [0.4, 0.5) is 5.95 Å².